The number of benzene rings is 1. The molecule has 0 aromatic heterocycles. The number of carbonyl (C=O) groups is 2. The summed E-state index contributed by atoms with van der Waals surface area (Å²) in [6, 6.07) is 6.59. The quantitative estimate of drug-likeness (QED) is 0.722. The third kappa shape index (κ3) is 4.08. The lowest BCUT2D eigenvalue weighted by Crippen LogP contribution is -2.16. The molecule has 0 aliphatic rings. The van der Waals surface area contributed by atoms with Crippen LogP contribution in [0.5, 0.6) is 5.75 Å². The fraction of sp³-hybridized carbons (Fsp3) is 0.385. The Balaban J connectivity index is 2.70. The van der Waals surface area contributed by atoms with E-state index in [1.807, 2.05) is 0 Å². The summed E-state index contributed by atoms with van der Waals surface area (Å²) in [5.41, 5.74) is 0.295. The van der Waals surface area contributed by atoms with Gasteiger partial charge in [-0.25, -0.2) is 9.59 Å². The highest BCUT2D eigenvalue weighted by atomic mass is 16.6. The van der Waals surface area contributed by atoms with Gasteiger partial charge in [-0.05, 0) is 26.0 Å². The molecular formula is C13H16O5. The van der Waals surface area contributed by atoms with Crippen LogP contribution in [0.2, 0.25) is 0 Å². The van der Waals surface area contributed by atoms with Crippen molar-refractivity contribution in [1.82, 2.24) is 0 Å². The molecule has 0 radical (unpaired) electrons. The number of rotatable bonds is 6. The van der Waals surface area contributed by atoms with Crippen molar-refractivity contribution in [2.45, 2.75) is 13.8 Å². The molecule has 98 valence electrons. The van der Waals surface area contributed by atoms with E-state index in [-0.39, 0.29) is 13.2 Å². The monoisotopic (exact) mass is 252 g/mol. The molecule has 18 heavy (non-hydrogen) atoms. The van der Waals surface area contributed by atoms with Gasteiger partial charge >= 0.3 is 11.9 Å². The summed E-state index contributed by atoms with van der Waals surface area (Å²) >= 11 is 0. The van der Waals surface area contributed by atoms with Crippen molar-refractivity contribution in [2.75, 3.05) is 19.8 Å². The fourth-order valence-corrected chi connectivity index (χ4v) is 1.31. The van der Waals surface area contributed by atoms with Gasteiger partial charge in [-0.1, -0.05) is 12.1 Å². The van der Waals surface area contributed by atoms with E-state index < -0.39 is 11.9 Å². The first-order valence-corrected chi connectivity index (χ1v) is 5.73. The third-order valence-corrected chi connectivity index (χ3v) is 2.03. The van der Waals surface area contributed by atoms with E-state index in [0.29, 0.717) is 17.9 Å². The van der Waals surface area contributed by atoms with Crippen LogP contribution in [0, 0.1) is 0 Å². The minimum absolute atomic E-state index is 0.232. The van der Waals surface area contributed by atoms with Gasteiger partial charge in [0.15, 0.2) is 6.61 Å². The highest BCUT2D eigenvalue weighted by molar-refractivity contribution is 5.92. The van der Waals surface area contributed by atoms with Crippen LogP contribution in [0.4, 0.5) is 0 Å². The van der Waals surface area contributed by atoms with E-state index in [1.54, 1.807) is 38.1 Å². The van der Waals surface area contributed by atoms with Crippen LogP contribution in [0.1, 0.15) is 24.2 Å². The molecule has 0 atom stereocenters. The first-order chi connectivity index (χ1) is 8.69. The first kappa shape index (κ1) is 14.0. The van der Waals surface area contributed by atoms with Gasteiger partial charge in [0.1, 0.15) is 11.3 Å². The molecule has 0 aliphatic carbocycles. The molecule has 0 unspecified atom stereocenters. The Morgan fingerprint density at radius 1 is 1.06 bits per heavy atom. The molecule has 0 saturated carbocycles. The van der Waals surface area contributed by atoms with Gasteiger partial charge in [-0.3, -0.25) is 0 Å². The van der Waals surface area contributed by atoms with Crippen molar-refractivity contribution in [3.63, 3.8) is 0 Å². The van der Waals surface area contributed by atoms with E-state index in [2.05, 4.69) is 0 Å². The van der Waals surface area contributed by atoms with Crippen molar-refractivity contribution < 1.29 is 23.8 Å². The summed E-state index contributed by atoms with van der Waals surface area (Å²) in [6.45, 7) is 3.78. The molecule has 5 heteroatoms. The van der Waals surface area contributed by atoms with Crippen molar-refractivity contribution >= 4 is 11.9 Å². The van der Waals surface area contributed by atoms with Gasteiger partial charge in [-0.2, -0.15) is 0 Å². The molecule has 1 rings (SSSR count). The van der Waals surface area contributed by atoms with E-state index in [4.69, 9.17) is 14.2 Å². The van der Waals surface area contributed by atoms with Crippen LogP contribution in [0.15, 0.2) is 24.3 Å². The number of esters is 2. The zero-order chi connectivity index (χ0) is 13.4. The van der Waals surface area contributed by atoms with Gasteiger partial charge in [0.05, 0.1) is 13.2 Å². The predicted octanol–water partition coefficient (Wildman–Crippen LogP) is 1.81. The Labute approximate surface area is 106 Å². The standard InChI is InChI=1S/C13H16O5/c1-3-16-12(14)9-18-11-8-6-5-7-10(11)13(15)17-4-2/h5-8H,3-4,9H2,1-2H3. The van der Waals surface area contributed by atoms with Crippen LogP contribution in [0.25, 0.3) is 0 Å². The van der Waals surface area contributed by atoms with Crippen LogP contribution in [0.3, 0.4) is 0 Å². The maximum absolute atomic E-state index is 11.6. The Hall–Kier alpha value is -2.04. The van der Waals surface area contributed by atoms with Gasteiger partial charge in [-0.15, -0.1) is 0 Å². The molecule has 0 spiro atoms. The summed E-state index contributed by atoms with van der Waals surface area (Å²) < 4.78 is 14.9. The number of carbonyl (C=O) groups excluding carboxylic acids is 2. The second-order valence-corrected chi connectivity index (χ2v) is 3.31. The lowest BCUT2D eigenvalue weighted by Gasteiger charge is -2.09. The molecule has 1 aromatic carbocycles. The number of hydrogen-bond acceptors (Lipinski definition) is 5. The number of ether oxygens (including phenoxy) is 3. The minimum atomic E-state index is -0.476. The topological polar surface area (TPSA) is 61.8 Å². The summed E-state index contributed by atoms with van der Waals surface area (Å²) in [5, 5.41) is 0. The van der Waals surface area contributed by atoms with Gasteiger partial charge < -0.3 is 14.2 Å². The van der Waals surface area contributed by atoms with Crippen molar-refractivity contribution in [3.05, 3.63) is 29.8 Å². The average Bonchev–Trinajstić information content (AvgIpc) is 2.37. The molecule has 0 saturated heterocycles. The molecule has 0 amide bonds. The molecule has 5 nitrogen and oxygen atoms in total. The fourth-order valence-electron chi connectivity index (χ4n) is 1.31. The average molecular weight is 252 g/mol. The predicted molar refractivity (Wildman–Crippen MR) is 64.5 cm³/mol. The summed E-state index contributed by atoms with van der Waals surface area (Å²) in [6.07, 6.45) is 0. The normalized spacial score (nSPS) is 9.67. The lowest BCUT2D eigenvalue weighted by molar-refractivity contribution is -0.145. The molecule has 0 N–H and O–H groups in total. The zero-order valence-electron chi connectivity index (χ0n) is 10.5. The molecule has 0 bridgehead atoms. The summed E-state index contributed by atoms with van der Waals surface area (Å²) in [7, 11) is 0. The summed E-state index contributed by atoms with van der Waals surface area (Å²) in [5.74, 6) is -0.642. The third-order valence-electron chi connectivity index (χ3n) is 2.03. The smallest absolute Gasteiger partial charge is 0.344 e. The van der Waals surface area contributed by atoms with Crippen LogP contribution >= 0.6 is 0 Å². The van der Waals surface area contributed by atoms with Gasteiger partial charge in [0.25, 0.3) is 0 Å². The van der Waals surface area contributed by atoms with E-state index in [0.717, 1.165) is 0 Å². The van der Waals surface area contributed by atoms with Gasteiger partial charge in [0.2, 0.25) is 0 Å². The summed E-state index contributed by atoms with van der Waals surface area (Å²) in [4.78, 5) is 22.8. The Kier molecular flexibility index (Phi) is 5.70. The van der Waals surface area contributed by atoms with Crippen LogP contribution in [-0.4, -0.2) is 31.8 Å². The molecule has 1 aromatic rings. The van der Waals surface area contributed by atoms with E-state index in [9.17, 15) is 9.59 Å². The molecule has 0 fully saturated rings. The SMILES string of the molecule is CCOC(=O)COc1ccccc1C(=O)OCC. The minimum Gasteiger partial charge on any atom is -0.481 e. The second kappa shape index (κ2) is 7.32. The second-order valence-electron chi connectivity index (χ2n) is 3.31. The van der Waals surface area contributed by atoms with Crippen molar-refractivity contribution in [1.29, 1.82) is 0 Å². The molecular weight excluding hydrogens is 236 g/mol. The Bertz CT molecular complexity index is 414. The number of para-hydroxylation sites is 1. The van der Waals surface area contributed by atoms with Crippen LogP contribution < -0.4 is 4.74 Å². The van der Waals surface area contributed by atoms with Crippen molar-refractivity contribution in [2.24, 2.45) is 0 Å². The van der Waals surface area contributed by atoms with Gasteiger partial charge in [0, 0.05) is 0 Å². The zero-order valence-corrected chi connectivity index (χ0v) is 10.5. The highest BCUT2D eigenvalue weighted by Crippen LogP contribution is 2.18. The largest absolute Gasteiger partial charge is 0.481 e. The number of hydrogen-bond donors (Lipinski definition) is 0. The van der Waals surface area contributed by atoms with E-state index in [1.165, 1.54) is 0 Å². The van der Waals surface area contributed by atoms with Crippen LogP contribution in [-0.2, 0) is 14.3 Å². The Morgan fingerprint density at radius 3 is 2.39 bits per heavy atom. The Morgan fingerprint density at radius 2 is 1.72 bits per heavy atom. The maximum atomic E-state index is 11.6. The lowest BCUT2D eigenvalue weighted by atomic mass is 10.2. The first-order valence-electron chi connectivity index (χ1n) is 5.73. The molecule has 0 heterocycles. The maximum Gasteiger partial charge on any atom is 0.344 e. The van der Waals surface area contributed by atoms with E-state index >= 15 is 0 Å². The molecule has 0 aliphatic heterocycles. The highest BCUT2D eigenvalue weighted by Gasteiger charge is 2.14. The van der Waals surface area contributed by atoms with Crippen molar-refractivity contribution in [3.8, 4) is 5.75 Å².